The minimum absolute atomic E-state index is 0.183. The summed E-state index contributed by atoms with van der Waals surface area (Å²) in [5.41, 5.74) is 0.988. The van der Waals surface area contributed by atoms with Crippen molar-refractivity contribution in [2.45, 2.75) is 70.6 Å². The number of aliphatic hydroxyl groups is 1. The Hall–Kier alpha value is -0.900. The van der Waals surface area contributed by atoms with Crippen LogP contribution in [0.15, 0.2) is 30.3 Å². The number of likely N-dealkylation sites (tertiary alicyclic amines) is 1. The summed E-state index contributed by atoms with van der Waals surface area (Å²) in [6.45, 7) is 9.83. The van der Waals surface area contributed by atoms with E-state index < -0.39 is 5.60 Å². The van der Waals surface area contributed by atoms with Crippen LogP contribution in [0.3, 0.4) is 0 Å². The van der Waals surface area contributed by atoms with Crippen molar-refractivity contribution in [3.63, 3.8) is 0 Å². The molecule has 1 aliphatic rings. The molecule has 1 aromatic carbocycles. The minimum Gasteiger partial charge on any atom is -0.387 e. The summed E-state index contributed by atoms with van der Waals surface area (Å²) in [6, 6.07) is 10.3. The summed E-state index contributed by atoms with van der Waals surface area (Å²) >= 11 is 0. The van der Waals surface area contributed by atoms with Crippen molar-refractivity contribution in [2.75, 3.05) is 19.7 Å². The van der Waals surface area contributed by atoms with Crippen LogP contribution in [0.4, 0.5) is 0 Å². The third kappa shape index (κ3) is 6.25. The molecule has 0 atom stereocenters. The quantitative estimate of drug-likeness (QED) is 0.698. The van der Waals surface area contributed by atoms with E-state index in [1.54, 1.807) is 0 Å². The summed E-state index contributed by atoms with van der Waals surface area (Å²) in [4.78, 5) is 2.35. The summed E-state index contributed by atoms with van der Waals surface area (Å²) in [5.74, 6) is 0. The second-order valence-electron chi connectivity index (χ2n) is 7.95. The number of hydrogen-bond acceptors (Lipinski definition) is 3. The van der Waals surface area contributed by atoms with Gasteiger partial charge in [-0.15, -0.1) is 0 Å². The zero-order valence-corrected chi connectivity index (χ0v) is 15.1. The first-order valence-electron chi connectivity index (χ1n) is 8.98. The number of benzene rings is 1. The topological polar surface area (TPSA) is 32.7 Å². The molecule has 3 nitrogen and oxygen atoms in total. The van der Waals surface area contributed by atoms with Crippen LogP contribution in [-0.2, 0) is 11.3 Å². The highest BCUT2D eigenvalue weighted by Crippen LogP contribution is 2.32. The number of hydrogen-bond donors (Lipinski definition) is 1. The van der Waals surface area contributed by atoms with Crippen molar-refractivity contribution in [1.29, 1.82) is 0 Å². The van der Waals surface area contributed by atoms with E-state index in [9.17, 15) is 5.11 Å². The normalized spacial score (nSPS) is 17.9. The van der Waals surface area contributed by atoms with E-state index in [0.717, 1.165) is 39.0 Å². The lowest BCUT2D eigenvalue weighted by molar-refractivity contribution is -0.136. The third-order valence-electron chi connectivity index (χ3n) is 4.71. The molecule has 3 heteroatoms. The Bertz CT molecular complexity index is 446. The summed E-state index contributed by atoms with van der Waals surface area (Å²) in [6.07, 6.45) is 5.54. The molecule has 0 aliphatic carbocycles. The molecule has 0 amide bonds. The van der Waals surface area contributed by atoms with E-state index in [2.05, 4.69) is 37.8 Å². The van der Waals surface area contributed by atoms with Crippen molar-refractivity contribution in [1.82, 2.24) is 4.90 Å². The van der Waals surface area contributed by atoms with Gasteiger partial charge in [0.2, 0.25) is 0 Å². The average Bonchev–Trinajstić information content (AvgIpc) is 2.47. The van der Waals surface area contributed by atoms with Gasteiger partial charge < -0.3 is 9.84 Å². The van der Waals surface area contributed by atoms with Crippen LogP contribution >= 0.6 is 0 Å². The first kappa shape index (κ1) is 18.4. The van der Waals surface area contributed by atoms with Gasteiger partial charge in [0.25, 0.3) is 0 Å². The lowest BCUT2D eigenvalue weighted by Gasteiger charge is -2.53. The maximum atomic E-state index is 10.4. The predicted octanol–water partition coefficient (Wildman–Crippen LogP) is 4.00. The monoisotopic (exact) mass is 319 g/mol. The van der Waals surface area contributed by atoms with E-state index in [-0.39, 0.29) is 5.54 Å². The van der Waals surface area contributed by atoms with Crippen molar-refractivity contribution in [2.24, 2.45) is 0 Å². The molecule has 1 aromatic rings. The first-order valence-corrected chi connectivity index (χ1v) is 8.98. The Morgan fingerprint density at radius 2 is 1.70 bits per heavy atom. The molecule has 1 aliphatic heterocycles. The number of β-amino-alcohol motifs (C(OH)–C–C–N with tert-alkyl or cyclic N) is 1. The van der Waals surface area contributed by atoms with Gasteiger partial charge >= 0.3 is 0 Å². The molecule has 2 rings (SSSR count). The van der Waals surface area contributed by atoms with E-state index in [4.69, 9.17) is 4.74 Å². The van der Waals surface area contributed by atoms with Gasteiger partial charge in [0, 0.05) is 25.2 Å². The van der Waals surface area contributed by atoms with Crippen LogP contribution in [0.1, 0.15) is 58.4 Å². The molecule has 0 saturated carbocycles. The minimum atomic E-state index is -0.433. The number of nitrogens with zero attached hydrogens (tertiary/aromatic N) is 1. The number of rotatable bonds is 9. The van der Waals surface area contributed by atoms with E-state index in [0.29, 0.717) is 6.61 Å². The number of ether oxygens (including phenoxy) is 1. The van der Waals surface area contributed by atoms with Crippen molar-refractivity contribution < 1.29 is 9.84 Å². The highest BCUT2D eigenvalue weighted by molar-refractivity contribution is 5.13. The van der Waals surface area contributed by atoms with Crippen molar-refractivity contribution >= 4 is 0 Å². The highest BCUT2D eigenvalue weighted by Gasteiger charge is 2.44. The zero-order chi connectivity index (χ0) is 16.8. The van der Waals surface area contributed by atoms with Crippen LogP contribution in [0, 0.1) is 0 Å². The van der Waals surface area contributed by atoms with E-state index >= 15 is 0 Å². The van der Waals surface area contributed by atoms with Gasteiger partial charge in [-0.1, -0.05) is 49.6 Å². The summed E-state index contributed by atoms with van der Waals surface area (Å²) in [7, 11) is 0. The van der Waals surface area contributed by atoms with Crippen LogP contribution in [-0.4, -0.2) is 40.8 Å². The summed E-state index contributed by atoms with van der Waals surface area (Å²) < 4.78 is 5.69. The number of unbranched alkanes of at least 4 members (excludes halogenated alkanes) is 3. The second kappa shape index (κ2) is 8.27. The molecule has 0 spiro atoms. The van der Waals surface area contributed by atoms with Crippen molar-refractivity contribution in [3.8, 4) is 0 Å². The molecular formula is C20H33NO2. The van der Waals surface area contributed by atoms with Gasteiger partial charge in [-0.3, -0.25) is 4.90 Å². The third-order valence-corrected chi connectivity index (χ3v) is 4.71. The Morgan fingerprint density at radius 1 is 1.04 bits per heavy atom. The Balaban J connectivity index is 1.44. The summed E-state index contributed by atoms with van der Waals surface area (Å²) in [5, 5.41) is 10.4. The molecule has 23 heavy (non-hydrogen) atoms. The van der Waals surface area contributed by atoms with E-state index in [1.807, 2.05) is 18.2 Å². The maximum Gasteiger partial charge on any atom is 0.0900 e. The fraction of sp³-hybridized carbons (Fsp3) is 0.700. The standard InChI is InChI=1S/C20H33NO2/c1-19(2,3)21-16-20(22,17-21)13-9-4-5-10-14-23-15-18-11-7-6-8-12-18/h6-8,11-12,22H,4-5,9-10,13-17H2,1-3H3. The molecule has 0 aromatic heterocycles. The lowest BCUT2D eigenvalue weighted by atomic mass is 9.84. The smallest absolute Gasteiger partial charge is 0.0900 e. The average molecular weight is 319 g/mol. The van der Waals surface area contributed by atoms with Gasteiger partial charge in [0.1, 0.15) is 0 Å². The van der Waals surface area contributed by atoms with Gasteiger partial charge in [0.05, 0.1) is 12.2 Å². The zero-order valence-electron chi connectivity index (χ0n) is 15.1. The van der Waals surface area contributed by atoms with Crippen LogP contribution in [0.25, 0.3) is 0 Å². The Morgan fingerprint density at radius 3 is 2.35 bits per heavy atom. The van der Waals surface area contributed by atoms with Gasteiger partial charge in [-0.2, -0.15) is 0 Å². The van der Waals surface area contributed by atoms with E-state index in [1.165, 1.54) is 18.4 Å². The molecule has 1 fully saturated rings. The van der Waals surface area contributed by atoms with Gasteiger partial charge in [-0.05, 0) is 39.2 Å². The molecular weight excluding hydrogens is 286 g/mol. The Kier molecular flexibility index (Phi) is 6.63. The first-order chi connectivity index (χ1) is 10.9. The molecule has 1 N–H and O–H groups in total. The fourth-order valence-corrected chi connectivity index (χ4v) is 3.07. The maximum absolute atomic E-state index is 10.4. The SMILES string of the molecule is CC(C)(C)N1CC(O)(CCCCCCOCc2ccccc2)C1. The van der Waals surface area contributed by atoms with Crippen LogP contribution in [0.5, 0.6) is 0 Å². The second-order valence-corrected chi connectivity index (χ2v) is 7.95. The highest BCUT2D eigenvalue weighted by atomic mass is 16.5. The van der Waals surface area contributed by atoms with Gasteiger partial charge in [0.15, 0.2) is 0 Å². The Labute approximate surface area is 141 Å². The van der Waals surface area contributed by atoms with Crippen molar-refractivity contribution in [3.05, 3.63) is 35.9 Å². The van der Waals surface area contributed by atoms with Crippen LogP contribution < -0.4 is 0 Å². The van der Waals surface area contributed by atoms with Crippen LogP contribution in [0.2, 0.25) is 0 Å². The predicted molar refractivity (Wildman–Crippen MR) is 95.5 cm³/mol. The lowest BCUT2D eigenvalue weighted by Crippen LogP contribution is -2.66. The molecule has 0 radical (unpaired) electrons. The van der Waals surface area contributed by atoms with Gasteiger partial charge in [-0.25, -0.2) is 0 Å². The largest absolute Gasteiger partial charge is 0.387 e. The fourth-order valence-electron chi connectivity index (χ4n) is 3.07. The molecule has 1 heterocycles. The molecule has 0 bridgehead atoms. The molecule has 130 valence electrons. The molecule has 0 unspecified atom stereocenters. The molecule has 1 saturated heterocycles.